The molecule has 1 aliphatic heterocycles. The first-order valence-electron chi connectivity index (χ1n) is 5.33. The van der Waals surface area contributed by atoms with Crippen molar-refractivity contribution in [3.63, 3.8) is 0 Å². The average molecular weight is 199 g/mol. The fourth-order valence-electron chi connectivity index (χ4n) is 1.74. The van der Waals surface area contributed by atoms with Crippen LogP contribution in [0.5, 0.6) is 0 Å². The first-order valence-corrected chi connectivity index (χ1v) is 5.33. The monoisotopic (exact) mass is 199 g/mol. The summed E-state index contributed by atoms with van der Waals surface area (Å²) in [4.78, 5) is 13.9. The third kappa shape index (κ3) is 3.29. The molecule has 0 aromatic carbocycles. The number of carbonyl (C=O) groups excluding carboxylic acids is 1. The Morgan fingerprint density at radius 1 is 1.36 bits per heavy atom. The van der Waals surface area contributed by atoms with Gasteiger partial charge in [-0.05, 0) is 47.2 Å². The van der Waals surface area contributed by atoms with Crippen LogP contribution < -0.4 is 0 Å². The van der Waals surface area contributed by atoms with Gasteiger partial charge < -0.3 is 4.74 Å². The van der Waals surface area contributed by atoms with Gasteiger partial charge in [0.25, 0.3) is 0 Å². The summed E-state index contributed by atoms with van der Waals surface area (Å²) < 4.78 is 5.37. The maximum Gasteiger partial charge on any atom is 0.323 e. The zero-order valence-corrected chi connectivity index (χ0v) is 9.67. The Morgan fingerprint density at radius 2 is 2.00 bits per heavy atom. The van der Waals surface area contributed by atoms with Crippen LogP contribution in [0.25, 0.3) is 0 Å². The minimum absolute atomic E-state index is 0.0250. The SMILES string of the molecule is CN1CCCCC1C(=O)OC(C)(C)C. The normalized spacial score (nSPS) is 24.7. The topological polar surface area (TPSA) is 29.5 Å². The van der Waals surface area contributed by atoms with E-state index < -0.39 is 0 Å². The Balaban J connectivity index is 2.50. The summed E-state index contributed by atoms with van der Waals surface area (Å²) in [6.45, 7) is 6.74. The summed E-state index contributed by atoms with van der Waals surface area (Å²) in [6, 6.07) is -0.0250. The Hall–Kier alpha value is -0.570. The molecule has 1 unspecified atom stereocenters. The number of rotatable bonds is 1. The van der Waals surface area contributed by atoms with Gasteiger partial charge in [-0.1, -0.05) is 6.42 Å². The summed E-state index contributed by atoms with van der Waals surface area (Å²) in [5.41, 5.74) is -0.366. The van der Waals surface area contributed by atoms with Crippen molar-refractivity contribution in [2.75, 3.05) is 13.6 Å². The second-order valence-electron chi connectivity index (χ2n) is 5.03. The molecule has 0 aliphatic carbocycles. The van der Waals surface area contributed by atoms with Gasteiger partial charge in [0.1, 0.15) is 11.6 Å². The minimum atomic E-state index is -0.366. The van der Waals surface area contributed by atoms with Crippen molar-refractivity contribution in [1.82, 2.24) is 4.90 Å². The summed E-state index contributed by atoms with van der Waals surface area (Å²) >= 11 is 0. The molecule has 14 heavy (non-hydrogen) atoms. The van der Waals surface area contributed by atoms with Crippen LogP contribution in [0.4, 0.5) is 0 Å². The van der Waals surface area contributed by atoms with Gasteiger partial charge in [0.2, 0.25) is 0 Å². The van der Waals surface area contributed by atoms with Crippen LogP contribution in [-0.4, -0.2) is 36.1 Å². The van der Waals surface area contributed by atoms with Crippen LogP contribution >= 0.6 is 0 Å². The number of ether oxygens (including phenoxy) is 1. The standard InChI is InChI=1S/C11H21NO2/c1-11(2,3)14-10(13)9-7-5-6-8-12(9)4/h9H,5-8H2,1-4H3. The maximum absolute atomic E-state index is 11.8. The lowest BCUT2D eigenvalue weighted by Gasteiger charge is -2.32. The zero-order chi connectivity index (χ0) is 10.8. The molecular formula is C11H21NO2. The highest BCUT2D eigenvalue weighted by atomic mass is 16.6. The van der Waals surface area contributed by atoms with E-state index in [0.717, 1.165) is 19.4 Å². The number of likely N-dealkylation sites (N-methyl/N-ethyl adjacent to an activating group) is 1. The lowest BCUT2D eigenvalue weighted by Crippen LogP contribution is -2.45. The molecule has 0 amide bonds. The van der Waals surface area contributed by atoms with E-state index in [1.807, 2.05) is 27.8 Å². The van der Waals surface area contributed by atoms with Gasteiger partial charge in [-0.25, -0.2) is 0 Å². The zero-order valence-electron chi connectivity index (χ0n) is 9.67. The van der Waals surface area contributed by atoms with Gasteiger partial charge >= 0.3 is 5.97 Å². The molecule has 3 heteroatoms. The smallest absolute Gasteiger partial charge is 0.323 e. The molecule has 1 rings (SSSR count). The van der Waals surface area contributed by atoms with E-state index in [1.165, 1.54) is 6.42 Å². The van der Waals surface area contributed by atoms with Gasteiger partial charge in [0.05, 0.1) is 0 Å². The van der Waals surface area contributed by atoms with Crippen molar-refractivity contribution in [3.8, 4) is 0 Å². The van der Waals surface area contributed by atoms with E-state index in [4.69, 9.17) is 4.74 Å². The molecule has 0 radical (unpaired) electrons. The lowest BCUT2D eigenvalue weighted by atomic mass is 10.0. The van der Waals surface area contributed by atoms with Crippen LogP contribution in [0.2, 0.25) is 0 Å². The minimum Gasteiger partial charge on any atom is -0.459 e. The molecule has 0 aromatic heterocycles. The Morgan fingerprint density at radius 3 is 2.50 bits per heavy atom. The second-order valence-corrected chi connectivity index (χ2v) is 5.03. The highest BCUT2D eigenvalue weighted by Gasteiger charge is 2.29. The predicted octanol–water partition coefficient (Wildman–Crippen LogP) is 1.81. The van der Waals surface area contributed by atoms with Crippen molar-refractivity contribution in [2.45, 2.75) is 51.7 Å². The third-order valence-corrected chi connectivity index (χ3v) is 2.45. The van der Waals surface area contributed by atoms with Gasteiger partial charge in [-0.2, -0.15) is 0 Å². The predicted molar refractivity (Wildman–Crippen MR) is 56.1 cm³/mol. The Bertz CT molecular complexity index is 208. The molecule has 1 fully saturated rings. The van der Waals surface area contributed by atoms with Crippen LogP contribution in [0.1, 0.15) is 40.0 Å². The highest BCUT2D eigenvalue weighted by molar-refractivity contribution is 5.76. The molecular weight excluding hydrogens is 178 g/mol. The first-order chi connectivity index (χ1) is 6.40. The molecule has 0 N–H and O–H groups in total. The van der Waals surface area contributed by atoms with Crippen molar-refractivity contribution in [3.05, 3.63) is 0 Å². The summed E-state index contributed by atoms with van der Waals surface area (Å²) in [5, 5.41) is 0. The van der Waals surface area contributed by atoms with Crippen LogP contribution in [0.3, 0.4) is 0 Å². The van der Waals surface area contributed by atoms with E-state index in [1.54, 1.807) is 0 Å². The number of esters is 1. The molecule has 1 atom stereocenters. The number of likely N-dealkylation sites (tertiary alicyclic amines) is 1. The number of piperidine rings is 1. The fourth-order valence-corrected chi connectivity index (χ4v) is 1.74. The van der Waals surface area contributed by atoms with Crippen molar-refractivity contribution in [1.29, 1.82) is 0 Å². The largest absolute Gasteiger partial charge is 0.459 e. The van der Waals surface area contributed by atoms with Crippen LogP contribution in [-0.2, 0) is 9.53 Å². The molecule has 1 aliphatic rings. The van der Waals surface area contributed by atoms with Crippen LogP contribution in [0, 0.1) is 0 Å². The first kappa shape index (κ1) is 11.5. The molecule has 3 nitrogen and oxygen atoms in total. The molecule has 0 bridgehead atoms. The summed E-state index contributed by atoms with van der Waals surface area (Å²) in [5.74, 6) is -0.0697. The van der Waals surface area contributed by atoms with E-state index >= 15 is 0 Å². The van der Waals surface area contributed by atoms with Crippen molar-refractivity contribution >= 4 is 5.97 Å². The summed E-state index contributed by atoms with van der Waals surface area (Å²) in [6.07, 6.45) is 3.26. The van der Waals surface area contributed by atoms with Gasteiger partial charge in [0, 0.05) is 0 Å². The number of nitrogens with zero attached hydrogens (tertiary/aromatic N) is 1. The number of hydrogen-bond donors (Lipinski definition) is 0. The molecule has 0 spiro atoms. The van der Waals surface area contributed by atoms with E-state index in [0.29, 0.717) is 0 Å². The molecule has 0 saturated carbocycles. The lowest BCUT2D eigenvalue weighted by molar-refractivity contribution is -0.162. The Labute approximate surface area is 86.4 Å². The fraction of sp³-hybridized carbons (Fsp3) is 0.909. The molecule has 1 saturated heterocycles. The molecule has 0 aromatic rings. The number of hydrogen-bond acceptors (Lipinski definition) is 3. The molecule has 82 valence electrons. The van der Waals surface area contributed by atoms with E-state index in [2.05, 4.69) is 4.90 Å². The van der Waals surface area contributed by atoms with Gasteiger partial charge in [0.15, 0.2) is 0 Å². The van der Waals surface area contributed by atoms with E-state index in [9.17, 15) is 4.79 Å². The summed E-state index contributed by atoms with van der Waals surface area (Å²) in [7, 11) is 1.99. The Kier molecular flexibility index (Phi) is 3.53. The van der Waals surface area contributed by atoms with Crippen molar-refractivity contribution < 1.29 is 9.53 Å². The highest BCUT2D eigenvalue weighted by Crippen LogP contribution is 2.18. The van der Waals surface area contributed by atoms with Crippen LogP contribution in [0.15, 0.2) is 0 Å². The number of carbonyl (C=O) groups is 1. The molecule has 1 heterocycles. The second kappa shape index (κ2) is 4.30. The third-order valence-electron chi connectivity index (χ3n) is 2.45. The average Bonchev–Trinajstić information content (AvgIpc) is 2.01. The van der Waals surface area contributed by atoms with Gasteiger partial charge in [-0.15, -0.1) is 0 Å². The van der Waals surface area contributed by atoms with Crippen molar-refractivity contribution in [2.24, 2.45) is 0 Å². The quantitative estimate of drug-likeness (QED) is 0.603. The van der Waals surface area contributed by atoms with Gasteiger partial charge in [-0.3, -0.25) is 9.69 Å². The van der Waals surface area contributed by atoms with E-state index in [-0.39, 0.29) is 17.6 Å². The maximum atomic E-state index is 11.8.